The molecule has 0 aromatic heterocycles. The first kappa shape index (κ1) is 23.3. The summed E-state index contributed by atoms with van der Waals surface area (Å²) < 4.78 is 33.0. The summed E-state index contributed by atoms with van der Waals surface area (Å²) in [4.78, 5) is 12.8. The van der Waals surface area contributed by atoms with Gasteiger partial charge in [0.2, 0.25) is 15.9 Å². The average molecular weight is 445 g/mol. The van der Waals surface area contributed by atoms with E-state index in [0.29, 0.717) is 49.9 Å². The van der Waals surface area contributed by atoms with Gasteiger partial charge in [0.1, 0.15) is 12.4 Å². The summed E-state index contributed by atoms with van der Waals surface area (Å²) in [5.74, 6) is 0.963. The van der Waals surface area contributed by atoms with Crippen LogP contribution < -0.4 is 10.1 Å². The van der Waals surface area contributed by atoms with Gasteiger partial charge in [0.25, 0.3) is 0 Å². The standard InChI is InChI=1S/C24H32N2O4S/c1-18(2)20-8-10-22(11-9-20)31(28,29)26-15-12-21(13-16-26)24(27)25-14-17-30-23-7-5-4-6-19(23)3/h4-11,18,21H,12-17H2,1-3H3,(H,25,27). The molecule has 2 aromatic carbocycles. The Labute approximate surface area is 185 Å². The molecule has 0 aliphatic carbocycles. The normalized spacial score (nSPS) is 15.7. The van der Waals surface area contributed by atoms with Gasteiger partial charge in [0.05, 0.1) is 11.4 Å². The van der Waals surface area contributed by atoms with Gasteiger partial charge in [0, 0.05) is 19.0 Å². The van der Waals surface area contributed by atoms with Crippen molar-refractivity contribution in [3.8, 4) is 5.75 Å². The second-order valence-corrected chi connectivity index (χ2v) is 10.2. The zero-order valence-electron chi connectivity index (χ0n) is 18.5. The van der Waals surface area contributed by atoms with Crippen molar-refractivity contribution in [1.82, 2.24) is 9.62 Å². The molecule has 1 aliphatic rings. The van der Waals surface area contributed by atoms with Gasteiger partial charge in [-0.1, -0.05) is 44.2 Å². The Balaban J connectivity index is 1.46. The lowest BCUT2D eigenvalue weighted by atomic mass is 9.97. The number of nitrogens with zero attached hydrogens (tertiary/aromatic N) is 1. The minimum absolute atomic E-state index is 0.0354. The van der Waals surface area contributed by atoms with E-state index < -0.39 is 10.0 Å². The van der Waals surface area contributed by atoms with Gasteiger partial charge in [-0.3, -0.25) is 4.79 Å². The van der Waals surface area contributed by atoms with Crippen LogP contribution in [0.1, 0.15) is 43.7 Å². The van der Waals surface area contributed by atoms with Crippen LogP contribution in [0, 0.1) is 12.8 Å². The lowest BCUT2D eigenvalue weighted by Gasteiger charge is -2.30. The summed E-state index contributed by atoms with van der Waals surface area (Å²) in [6, 6.07) is 14.9. The largest absolute Gasteiger partial charge is 0.491 e. The number of aryl methyl sites for hydroxylation is 1. The first-order valence-corrected chi connectivity index (χ1v) is 12.3. The Morgan fingerprint density at radius 2 is 1.74 bits per heavy atom. The van der Waals surface area contributed by atoms with Crippen molar-refractivity contribution in [1.29, 1.82) is 0 Å². The van der Waals surface area contributed by atoms with E-state index in [9.17, 15) is 13.2 Å². The van der Waals surface area contributed by atoms with Crippen molar-refractivity contribution in [2.75, 3.05) is 26.2 Å². The molecule has 31 heavy (non-hydrogen) atoms. The summed E-state index contributed by atoms with van der Waals surface area (Å²) in [5, 5.41) is 2.91. The van der Waals surface area contributed by atoms with E-state index in [1.807, 2.05) is 43.3 Å². The van der Waals surface area contributed by atoms with Gasteiger partial charge >= 0.3 is 0 Å². The minimum atomic E-state index is -3.53. The highest BCUT2D eigenvalue weighted by Crippen LogP contribution is 2.25. The van der Waals surface area contributed by atoms with Gasteiger partial charge in [0.15, 0.2) is 0 Å². The van der Waals surface area contributed by atoms with Crippen molar-refractivity contribution < 1.29 is 17.9 Å². The highest BCUT2D eigenvalue weighted by Gasteiger charge is 2.32. The molecule has 168 valence electrons. The fourth-order valence-corrected chi connectivity index (χ4v) is 5.20. The van der Waals surface area contributed by atoms with Crippen molar-refractivity contribution in [3.05, 3.63) is 59.7 Å². The smallest absolute Gasteiger partial charge is 0.243 e. The summed E-state index contributed by atoms with van der Waals surface area (Å²) >= 11 is 0. The van der Waals surface area contributed by atoms with Gasteiger partial charge < -0.3 is 10.1 Å². The first-order valence-electron chi connectivity index (χ1n) is 10.9. The minimum Gasteiger partial charge on any atom is -0.491 e. The third-order valence-electron chi connectivity index (χ3n) is 5.76. The Morgan fingerprint density at radius 3 is 2.35 bits per heavy atom. The molecule has 0 atom stereocenters. The molecule has 0 unspecified atom stereocenters. The van der Waals surface area contributed by atoms with Crippen molar-refractivity contribution in [2.45, 2.75) is 44.4 Å². The summed E-state index contributed by atoms with van der Waals surface area (Å²) in [5.41, 5.74) is 2.17. The fourth-order valence-electron chi connectivity index (χ4n) is 3.73. The number of rotatable bonds is 8. The molecule has 3 rings (SSSR count). The number of piperidine rings is 1. The number of sulfonamides is 1. The molecule has 1 aliphatic heterocycles. The third-order valence-corrected chi connectivity index (χ3v) is 7.67. The van der Waals surface area contributed by atoms with Crippen molar-refractivity contribution >= 4 is 15.9 Å². The van der Waals surface area contributed by atoms with Crippen LogP contribution in [0.5, 0.6) is 5.75 Å². The Bertz CT molecular complexity index is 979. The Kier molecular flexibility index (Phi) is 7.73. The van der Waals surface area contributed by atoms with Gasteiger partial charge in [-0.2, -0.15) is 4.31 Å². The maximum absolute atomic E-state index is 12.9. The molecule has 1 amide bonds. The number of nitrogens with one attached hydrogen (secondary N) is 1. The number of hydrogen-bond acceptors (Lipinski definition) is 4. The lowest BCUT2D eigenvalue weighted by molar-refractivity contribution is -0.126. The highest BCUT2D eigenvalue weighted by atomic mass is 32.2. The number of benzene rings is 2. The van der Waals surface area contributed by atoms with Crippen LogP contribution in [0.3, 0.4) is 0 Å². The first-order chi connectivity index (χ1) is 14.8. The Morgan fingerprint density at radius 1 is 1.10 bits per heavy atom. The second-order valence-electron chi connectivity index (χ2n) is 8.31. The van der Waals surface area contributed by atoms with E-state index in [1.165, 1.54) is 4.31 Å². The molecule has 1 N–H and O–H groups in total. The molecule has 1 heterocycles. The number of amides is 1. The summed E-state index contributed by atoms with van der Waals surface area (Å²) in [6.07, 6.45) is 1.04. The SMILES string of the molecule is Cc1ccccc1OCCNC(=O)C1CCN(S(=O)(=O)c2ccc(C(C)C)cc2)CC1. The quantitative estimate of drug-likeness (QED) is 0.630. The maximum atomic E-state index is 12.9. The molecule has 1 saturated heterocycles. The van der Waals surface area contributed by atoms with Crippen molar-refractivity contribution in [2.24, 2.45) is 5.92 Å². The van der Waals surface area contributed by atoms with Crippen LogP contribution in [-0.4, -0.2) is 44.9 Å². The molecule has 6 nitrogen and oxygen atoms in total. The van der Waals surface area contributed by atoms with E-state index in [0.717, 1.165) is 16.9 Å². The van der Waals surface area contributed by atoms with E-state index in [4.69, 9.17) is 4.74 Å². The topological polar surface area (TPSA) is 75.7 Å². The van der Waals surface area contributed by atoms with Crippen LogP contribution in [0.15, 0.2) is 53.4 Å². The van der Waals surface area contributed by atoms with Crippen molar-refractivity contribution in [3.63, 3.8) is 0 Å². The molecule has 0 bridgehead atoms. The number of ether oxygens (including phenoxy) is 1. The number of carbonyl (C=O) groups excluding carboxylic acids is 1. The molecule has 1 fully saturated rings. The van der Waals surface area contributed by atoms with Gasteiger partial charge in [-0.15, -0.1) is 0 Å². The monoisotopic (exact) mass is 444 g/mol. The summed E-state index contributed by atoms with van der Waals surface area (Å²) in [7, 11) is -3.53. The predicted octanol–water partition coefficient (Wildman–Crippen LogP) is 3.71. The fraction of sp³-hybridized carbons (Fsp3) is 0.458. The third kappa shape index (κ3) is 5.86. The second kappa shape index (κ2) is 10.3. The average Bonchev–Trinajstić information content (AvgIpc) is 2.77. The molecule has 2 aromatic rings. The number of para-hydroxylation sites is 1. The molecular formula is C24H32N2O4S. The molecule has 0 saturated carbocycles. The van der Waals surface area contributed by atoms with E-state index in [2.05, 4.69) is 19.2 Å². The van der Waals surface area contributed by atoms with Gasteiger partial charge in [-0.05, 0) is 55.0 Å². The zero-order valence-corrected chi connectivity index (χ0v) is 19.3. The van der Waals surface area contributed by atoms with Crippen LogP contribution in [-0.2, 0) is 14.8 Å². The number of carbonyl (C=O) groups is 1. The van der Waals surface area contributed by atoms with E-state index >= 15 is 0 Å². The van der Waals surface area contributed by atoms with Crippen LogP contribution >= 0.6 is 0 Å². The van der Waals surface area contributed by atoms with Crippen LogP contribution in [0.25, 0.3) is 0 Å². The van der Waals surface area contributed by atoms with E-state index in [1.54, 1.807) is 12.1 Å². The zero-order chi connectivity index (χ0) is 22.4. The lowest BCUT2D eigenvalue weighted by Crippen LogP contribution is -2.43. The van der Waals surface area contributed by atoms with Gasteiger partial charge in [-0.25, -0.2) is 8.42 Å². The summed E-state index contributed by atoms with van der Waals surface area (Å²) in [6.45, 7) is 7.67. The molecule has 0 spiro atoms. The molecular weight excluding hydrogens is 412 g/mol. The van der Waals surface area contributed by atoms with Crippen LogP contribution in [0.4, 0.5) is 0 Å². The predicted molar refractivity (Wildman–Crippen MR) is 122 cm³/mol. The maximum Gasteiger partial charge on any atom is 0.243 e. The highest BCUT2D eigenvalue weighted by molar-refractivity contribution is 7.89. The molecule has 7 heteroatoms. The van der Waals surface area contributed by atoms with E-state index in [-0.39, 0.29) is 11.8 Å². The van der Waals surface area contributed by atoms with Crippen LogP contribution in [0.2, 0.25) is 0 Å². The molecule has 0 radical (unpaired) electrons. The number of hydrogen-bond donors (Lipinski definition) is 1. The Hall–Kier alpha value is -2.38.